The van der Waals surface area contributed by atoms with Gasteiger partial charge in [0.2, 0.25) is 0 Å². The molecule has 3 aromatic rings. The fourth-order valence-corrected chi connectivity index (χ4v) is 5.42. The van der Waals surface area contributed by atoms with Crippen LogP contribution in [-0.2, 0) is 37.0 Å². The highest BCUT2D eigenvalue weighted by molar-refractivity contribution is 9.10. The minimum Gasteiger partial charge on any atom is -0.324 e. The van der Waals surface area contributed by atoms with Crippen LogP contribution in [0.15, 0.2) is 38.3 Å². The molecule has 0 amide bonds. The van der Waals surface area contributed by atoms with E-state index in [2.05, 4.69) is 22.0 Å². The molecule has 1 aliphatic carbocycles. The number of aryl methyl sites for hydroxylation is 3. The van der Waals surface area contributed by atoms with E-state index in [1.54, 1.807) is 6.92 Å². The third kappa shape index (κ3) is 5.62. The van der Waals surface area contributed by atoms with Crippen LogP contribution in [-0.4, -0.2) is 34.6 Å². The first-order valence-corrected chi connectivity index (χ1v) is 14.3. The van der Waals surface area contributed by atoms with Gasteiger partial charge >= 0.3 is 13.3 Å². The van der Waals surface area contributed by atoms with Gasteiger partial charge in [0, 0.05) is 36.7 Å². The van der Waals surface area contributed by atoms with Crippen LogP contribution in [0.25, 0.3) is 11.2 Å². The van der Waals surface area contributed by atoms with Crippen molar-refractivity contribution in [1.29, 1.82) is 0 Å². The van der Waals surface area contributed by atoms with E-state index in [-0.39, 0.29) is 31.2 Å². The topological polar surface area (TPSA) is 119 Å². The number of nitrogens with zero attached hydrogens (tertiary/aromatic N) is 4. The van der Waals surface area contributed by atoms with Gasteiger partial charge in [0.05, 0.1) is 0 Å². The molecule has 4 rings (SSSR count). The van der Waals surface area contributed by atoms with Crippen molar-refractivity contribution < 1.29 is 14.4 Å². The Balaban J connectivity index is 1.75. The number of aromatic nitrogens is 4. The number of rotatable bonds is 11. The molecule has 11 heteroatoms. The minimum atomic E-state index is -4.09. The molecule has 0 atom stereocenters. The Hall–Kier alpha value is -2.00. The SMILES string of the molecule is CCn1c(=O)c2c(nc(CCc3ccccc3Br)n2CC2CC2)n(CCCCP(=O)(O)O)c1=O. The Labute approximate surface area is 205 Å². The van der Waals surface area contributed by atoms with Crippen molar-refractivity contribution in [1.82, 2.24) is 18.7 Å². The maximum absolute atomic E-state index is 13.3. The fourth-order valence-electron chi connectivity index (χ4n) is 4.30. The maximum Gasteiger partial charge on any atom is 0.332 e. The molecule has 0 spiro atoms. The molecule has 0 aliphatic heterocycles. The summed E-state index contributed by atoms with van der Waals surface area (Å²) >= 11 is 3.59. The van der Waals surface area contributed by atoms with E-state index in [1.807, 2.05) is 22.8 Å². The van der Waals surface area contributed by atoms with E-state index in [0.717, 1.165) is 35.1 Å². The first kappa shape index (κ1) is 25.1. The lowest BCUT2D eigenvalue weighted by molar-refractivity contribution is 0.370. The van der Waals surface area contributed by atoms with E-state index in [0.29, 0.717) is 36.5 Å². The fraction of sp³-hybridized carbons (Fsp3) is 0.522. The largest absolute Gasteiger partial charge is 0.332 e. The molecule has 34 heavy (non-hydrogen) atoms. The van der Waals surface area contributed by atoms with Crippen molar-refractivity contribution in [3.63, 3.8) is 0 Å². The second-order valence-corrected chi connectivity index (χ2v) is 11.6. The summed E-state index contributed by atoms with van der Waals surface area (Å²) in [4.78, 5) is 49.5. The Kier molecular flexibility index (Phi) is 7.62. The van der Waals surface area contributed by atoms with Gasteiger partial charge in [0.1, 0.15) is 5.82 Å². The third-order valence-electron chi connectivity index (χ3n) is 6.30. The highest BCUT2D eigenvalue weighted by atomic mass is 79.9. The van der Waals surface area contributed by atoms with E-state index in [1.165, 1.54) is 9.13 Å². The normalized spacial score (nSPS) is 14.2. The van der Waals surface area contributed by atoms with Crippen molar-refractivity contribution >= 4 is 34.7 Å². The second-order valence-electron chi connectivity index (χ2n) is 8.92. The summed E-state index contributed by atoms with van der Waals surface area (Å²) in [7, 11) is -4.09. The Morgan fingerprint density at radius 3 is 2.47 bits per heavy atom. The first-order valence-electron chi connectivity index (χ1n) is 11.7. The average molecular weight is 553 g/mol. The molecule has 0 saturated heterocycles. The lowest BCUT2D eigenvalue weighted by Crippen LogP contribution is -2.40. The zero-order valence-corrected chi connectivity index (χ0v) is 21.7. The Bertz CT molecular complexity index is 1350. The number of benzene rings is 1. The van der Waals surface area contributed by atoms with Crippen molar-refractivity contribution in [3.8, 4) is 0 Å². The lowest BCUT2D eigenvalue weighted by Gasteiger charge is -2.12. The highest BCUT2D eigenvalue weighted by Gasteiger charge is 2.27. The molecular formula is C23H30BrN4O5P. The smallest absolute Gasteiger partial charge is 0.324 e. The van der Waals surface area contributed by atoms with Gasteiger partial charge in [-0.3, -0.25) is 18.5 Å². The summed E-state index contributed by atoms with van der Waals surface area (Å²) in [5.41, 5.74) is 1.22. The van der Waals surface area contributed by atoms with Crippen LogP contribution >= 0.6 is 23.5 Å². The van der Waals surface area contributed by atoms with E-state index in [4.69, 9.17) is 14.8 Å². The van der Waals surface area contributed by atoms with Gasteiger partial charge in [-0.25, -0.2) is 9.78 Å². The molecule has 0 radical (unpaired) electrons. The molecule has 184 valence electrons. The van der Waals surface area contributed by atoms with Crippen LogP contribution in [0.4, 0.5) is 0 Å². The number of fused-ring (bicyclic) bond motifs is 1. The first-order chi connectivity index (χ1) is 16.2. The zero-order valence-electron chi connectivity index (χ0n) is 19.2. The standard InChI is InChI=1S/C23H30BrN4O5P/c1-2-26-22(29)20-21(27(23(26)30)13-5-6-14-34(31,32)33)25-19(28(20)15-16-9-10-16)12-11-17-7-3-4-8-18(17)24/h3-4,7-8,16H,2,5-6,9-15H2,1H3,(H2,31,32,33). The maximum atomic E-state index is 13.3. The molecule has 2 aromatic heterocycles. The molecule has 1 aromatic carbocycles. The van der Waals surface area contributed by atoms with Crippen LogP contribution < -0.4 is 11.2 Å². The summed E-state index contributed by atoms with van der Waals surface area (Å²) in [6, 6.07) is 8.01. The van der Waals surface area contributed by atoms with Crippen LogP contribution in [0, 0.1) is 5.92 Å². The predicted molar refractivity (Wildman–Crippen MR) is 134 cm³/mol. The summed E-state index contributed by atoms with van der Waals surface area (Å²) in [5, 5.41) is 0. The van der Waals surface area contributed by atoms with Gasteiger partial charge in [-0.15, -0.1) is 0 Å². The minimum absolute atomic E-state index is 0.231. The van der Waals surface area contributed by atoms with Gasteiger partial charge in [-0.1, -0.05) is 34.1 Å². The van der Waals surface area contributed by atoms with Gasteiger partial charge in [0.15, 0.2) is 11.2 Å². The average Bonchev–Trinajstić information content (AvgIpc) is 3.52. The van der Waals surface area contributed by atoms with Gasteiger partial charge in [-0.05, 0) is 56.6 Å². The molecule has 2 N–H and O–H groups in total. The van der Waals surface area contributed by atoms with Crippen molar-refractivity contribution in [3.05, 3.63) is 61.0 Å². The van der Waals surface area contributed by atoms with E-state index in [9.17, 15) is 14.2 Å². The van der Waals surface area contributed by atoms with Crippen LogP contribution in [0.1, 0.15) is 44.0 Å². The molecule has 0 unspecified atom stereocenters. The monoisotopic (exact) mass is 552 g/mol. The number of imidazole rings is 1. The number of halogens is 1. The van der Waals surface area contributed by atoms with Gasteiger partial charge in [0.25, 0.3) is 5.56 Å². The van der Waals surface area contributed by atoms with E-state index < -0.39 is 13.3 Å². The van der Waals surface area contributed by atoms with Crippen molar-refractivity contribution in [2.24, 2.45) is 5.92 Å². The second kappa shape index (κ2) is 10.3. The molecule has 2 heterocycles. The van der Waals surface area contributed by atoms with Crippen molar-refractivity contribution in [2.75, 3.05) is 6.16 Å². The van der Waals surface area contributed by atoms with Crippen molar-refractivity contribution in [2.45, 2.75) is 65.1 Å². The zero-order chi connectivity index (χ0) is 24.5. The summed E-state index contributed by atoms with van der Waals surface area (Å²) < 4.78 is 17.0. The number of hydrogen-bond acceptors (Lipinski definition) is 4. The molecular weight excluding hydrogens is 523 g/mol. The van der Waals surface area contributed by atoms with Crippen LogP contribution in [0.5, 0.6) is 0 Å². The number of hydrogen-bond donors (Lipinski definition) is 2. The van der Waals surface area contributed by atoms with Gasteiger partial charge in [-0.2, -0.15) is 0 Å². The van der Waals surface area contributed by atoms with Gasteiger partial charge < -0.3 is 14.4 Å². The summed E-state index contributed by atoms with van der Waals surface area (Å²) in [6.07, 6.45) is 4.06. The predicted octanol–water partition coefficient (Wildman–Crippen LogP) is 3.30. The lowest BCUT2D eigenvalue weighted by atomic mass is 10.1. The summed E-state index contributed by atoms with van der Waals surface area (Å²) in [5.74, 6) is 1.30. The van der Waals surface area contributed by atoms with E-state index >= 15 is 0 Å². The molecule has 9 nitrogen and oxygen atoms in total. The molecule has 1 saturated carbocycles. The molecule has 1 aliphatic rings. The van der Waals surface area contributed by atoms with Crippen LogP contribution in [0.2, 0.25) is 0 Å². The summed E-state index contributed by atoms with van der Waals surface area (Å²) in [6.45, 7) is 2.97. The highest BCUT2D eigenvalue weighted by Crippen LogP contribution is 2.35. The molecule has 1 fully saturated rings. The van der Waals surface area contributed by atoms with Crippen LogP contribution in [0.3, 0.4) is 0 Å². The number of unbranched alkanes of at least 4 members (excludes halogenated alkanes) is 1. The quantitative estimate of drug-likeness (QED) is 0.278. The Morgan fingerprint density at radius 1 is 1.09 bits per heavy atom. The third-order valence-corrected chi connectivity index (χ3v) is 7.98. The molecule has 0 bridgehead atoms. The Morgan fingerprint density at radius 2 is 1.82 bits per heavy atom.